The normalized spacial score (nSPS) is 12.3. The third-order valence-electron chi connectivity index (χ3n) is 5.44. The number of nitrogens with zero attached hydrogens (tertiary/aromatic N) is 1. The number of aryl methyl sites for hydroxylation is 1. The Balaban J connectivity index is 1.68. The summed E-state index contributed by atoms with van der Waals surface area (Å²) in [6.07, 6.45) is -4.59. The summed E-state index contributed by atoms with van der Waals surface area (Å²) in [4.78, 5) is 36.9. The van der Waals surface area contributed by atoms with Gasteiger partial charge >= 0.3 is 11.9 Å². The van der Waals surface area contributed by atoms with Gasteiger partial charge < -0.3 is 20.4 Å². The SMILES string of the molecule is CNC(=O)C(NC(=O)c1ccc(-c2cccc(CNC(=O)c3cc(C(F)(F)F)[n+](C)[nH]3)c2)o1)C(C)C. The maximum Gasteiger partial charge on any atom is 0.479 e. The highest BCUT2D eigenvalue weighted by Gasteiger charge is 2.42. The van der Waals surface area contributed by atoms with E-state index in [1.165, 1.54) is 20.2 Å². The summed E-state index contributed by atoms with van der Waals surface area (Å²) in [5.74, 6) is -1.27. The molecule has 0 spiro atoms. The molecule has 0 saturated heterocycles. The van der Waals surface area contributed by atoms with Crippen molar-refractivity contribution < 1.29 is 36.7 Å². The molecule has 3 amide bonds. The summed E-state index contributed by atoms with van der Waals surface area (Å²) < 4.78 is 45.3. The number of benzene rings is 1. The lowest BCUT2D eigenvalue weighted by Crippen LogP contribution is -2.48. The van der Waals surface area contributed by atoms with Gasteiger partial charge in [0.1, 0.15) is 11.8 Å². The third kappa shape index (κ3) is 6.12. The van der Waals surface area contributed by atoms with E-state index in [1.807, 2.05) is 13.8 Å². The summed E-state index contributed by atoms with van der Waals surface area (Å²) in [6.45, 7) is 3.67. The van der Waals surface area contributed by atoms with Crippen LogP contribution in [-0.4, -0.2) is 35.9 Å². The molecule has 3 aromatic rings. The number of nitrogens with one attached hydrogen (secondary N) is 4. The Labute approximate surface area is 205 Å². The Morgan fingerprint density at radius 3 is 2.42 bits per heavy atom. The molecule has 0 radical (unpaired) electrons. The number of carbonyl (C=O) groups is 3. The Kier molecular flexibility index (Phi) is 7.86. The van der Waals surface area contributed by atoms with Crippen LogP contribution in [-0.2, 0) is 24.6 Å². The van der Waals surface area contributed by atoms with Crippen molar-refractivity contribution in [3.05, 3.63) is 65.2 Å². The van der Waals surface area contributed by atoms with Crippen LogP contribution in [0.1, 0.15) is 46.1 Å². The van der Waals surface area contributed by atoms with Crippen molar-refractivity contribution in [3.8, 4) is 11.3 Å². The molecule has 192 valence electrons. The van der Waals surface area contributed by atoms with Crippen molar-refractivity contribution in [2.45, 2.75) is 32.6 Å². The van der Waals surface area contributed by atoms with Gasteiger partial charge in [-0.05, 0) is 29.7 Å². The van der Waals surface area contributed by atoms with E-state index in [0.717, 1.165) is 10.7 Å². The Morgan fingerprint density at radius 2 is 1.81 bits per heavy atom. The molecule has 1 atom stereocenters. The predicted octanol–water partition coefficient (Wildman–Crippen LogP) is 2.55. The second-order valence-corrected chi connectivity index (χ2v) is 8.47. The van der Waals surface area contributed by atoms with Crippen LogP contribution < -0.4 is 20.6 Å². The van der Waals surface area contributed by atoms with E-state index in [1.54, 1.807) is 30.3 Å². The van der Waals surface area contributed by atoms with E-state index < -0.39 is 29.7 Å². The van der Waals surface area contributed by atoms with Gasteiger partial charge in [0, 0.05) is 19.2 Å². The first-order valence-corrected chi connectivity index (χ1v) is 11.1. The average molecular weight is 507 g/mol. The summed E-state index contributed by atoms with van der Waals surface area (Å²) in [6, 6.07) is 10.0. The zero-order valence-corrected chi connectivity index (χ0v) is 20.1. The zero-order chi connectivity index (χ0) is 26.6. The average Bonchev–Trinajstić information content (AvgIpc) is 3.47. The number of aromatic nitrogens is 2. The van der Waals surface area contributed by atoms with Crippen LogP contribution in [0.15, 0.2) is 46.9 Å². The van der Waals surface area contributed by atoms with Crippen molar-refractivity contribution in [2.75, 3.05) is 7.05 Å². The van der Waals surface area contributed by atoms with Gasteiger partial charge in [-0.2, -0.15) is 18.3 Å². The lowest BCUT2D eigenvalue weighted by atomic mass is 10.0. The topological polar surface area (TPSA) is 120 Å². The first-order chi connectivity index (χ1) is 16.9. The first-order valence-electron chi connectivity index (χ1n) is 11.1. The van der Waals surface area contributed by atoms with Gasteiger partial charge in [-0.15, -0.1) is 4.68 Å². The number of carbonyl (C=O) groups excluding carboxylic acids is 3. The Morgan fingerprint density at radius 1 is 1.08 bits per heavy atom. The molecule has 0 bridgehead atoms. The molecule has 2 heterocycles. The number of amides is 3. The fourth-order valence-electron chi connectivity index (χ4n) is 3.53. The van der Waals surface area contributed by atoms with Crippen molar-refractivity contribution in [1.82, 2.24) is 21.0 Å². The first kappa shape index (κ1) is 26.5. The van der Waals surface area contributed by atoms with Gasteiger partial charge in [0.05, 0.1) is 6.07 Å². The molecular formula is C24H27F3N5O4+. The number of furan rings is 1. The Bertz CT molecular complexity index is 1260. The van der Waals surface area contributed by atoms with Gasteiger partial charge in [-0.3, -0.25) is 14.4 Å². The van der Waals surface area contributed by atoms with Gasteiger partial charge in [-0.25, -0.2) is 0 Å². The molecule has 4 N–H and O–H groups in total. The molecule has 1 aromatic carbocycles. The molecule has 36 heavy (non-hydrogen) atoms. The summed E-state index contributed by atoms with van der Waals surface area (Å²) in [7, 11) is 2.66. The highest BCUT2D eigenvalue weighted by molar-refractivity contribution is 5.96. The van der Waals surface area contributed by atoms with Crippen molar-refractivity contribution in [3.63, 3.8) is 0 Å². The quantitative estimate of drug-likeness (QED) is 0.351. The summed E-state index contributed by atoms with van der Waals surface area (Å²) >= 11 is 0. The minimum atomic E-state index is -4.59. The molecular weight excluding hydrogens is 479 g/mol. The van der Waals surface area contributed by atoms with E-state index in [2.05, 4.69) is 21.0 Å². The second-order valence-electron chi connectivity index (χ2n) is 8.47. The van der Waals surface area contributed by atoms with Crippen LogP contribution in [0.4, 0.5) is 13.2 Å². The largest absolute Gasteiger partial charge is 0.479 e. The lowest BCUT2D eigenvalue weighted by Gasteiger charge is -2.19. The molecule has 0 fully saturated rings. The maximum atomic E-state index is 13.0. The molecule has 1 unspecified atom stereocenters. The minimum absolute atomic E-state index is 0.0262. The number of aromatic amines is 1. The van der Waals surface area contributed by atoms with Crippen LogP contribution in [0, 0.1) is 5.92 Å². The zero-order valence-electron chi connectivity index (χ0n) is 20.1. The molecule has 0 aliphatic heterocycles. The number of rotatable bonds is 8. The molecule has 12 heteroatoms. The molecule has 2 aromatic heterocycles. The predicted molar refractivity (Wildman–Crippen MR) is 122 cm³/mol. The van der Waals surface area contributed by atoms with Gasteiger partial charge in [0.15, 0.2) is 18.5 Å². The molecule has 0 saturated carbocycles. The monoisotopic (exact) mass is 506 g/mol. The highest BCUT2D eigenvalue weighted by Crippen LogP contribution is 2.27. The van der Waals surface area contributed by atoms with Crippen LogP contribution >= 0.6 is 0 Å². The van der Waals surface area contributed by atoms with Crippen molar-refractivity contribution in [2.24, 2.45) is 13.0 Å². The smallest absolute Gasteiger partial charge is 0.451 e. The van der Waals surface area contributed by atoms with Crippen LogP contribution in [0.2, 0.25) is 0 Å². The third-order valence-corrected chi connectivity index (χ3v) is 5.44. The standard InChI is InChI=1S/C24H26F3N5O4/c1-13(2)20(23(35)28-3)30-22(34)18-9-8-17(36-18)15-7-5-6-14(10-15)12-29-21(33)16-11-19(24(25,26)27)32(4)31-16/h5-11,13,20H,12H2,1-4H3,(H3,28,29,30,33,34,35)/p+1. The van der Waals surface area contributed by atoms with Crippen LogP contribution in [0.3, 0.4) is 0 Å². The molecule has 9 nitrogen and oxygen atoms in total. The fourth-order valence-corrected chi connectivity index (χ4v) is 3.53. The van der Waals surface area contributed by atoms with E-state index >= 15 is 0 Å². The minimum Gasteiger partial charge on any atom is -0.451 e. The van der Waals surface area contributed by atoms with Gasteiger partial charge in [-0.1, -0.05) is 32.0 Å². The van der Waals surface area contributed by atoms with Gasteiger partial charge in [0.25, 0.3) is 11.8 Å². The maximum absolute atomic E-state index is 13.0. The van der Waals surface area contributed by atoms with Gasteiger partial charge in [0.2, 0.25) is 5.91 Å². The number of hydrogen-bond acceptors (Lipinski definition) is 4. The highest BCUT2D eigenvalue weighted by atomic mass is 19.4. The fraction of sp³-hybridized carbons (Fsp3) is 0.333. The van der Waals surface area contributed by atoms with E-state index in [9.17, 15) is 27.6 Å². The number of halogens is 3. The van der Waals surface area contributed by atoms with Crippen LogP contribution in [0.25, 0.3) is 11.3 Å². The molecule has 0 aliphatic carbocycles. The second kappa shape index (κ2) is 10.7. The van der Waals surface area contributed by atoms with Crippen molar-refractivity contribution >= 4 is 17.7 Å². The molecule has 3 rings (SSSR count). The van der Waals surface area contributed by atoms with Crippen molar-refractivity contribution in [1.29, 1.82) is 0 Å². The number of likely N-dealkylation sites (N-methyl/N-ethyl adjacent to an activating group) is 1. The number of H-pyrrole nitrogens is 1. The Hall–Kier alpha value is -4.09. The number of hydrogen-bond donors (Lipinski definition) is 4. The van der Waals surface area contributed by atoms with E-state index in [4.69, 9.17) is 4.42 Å². The van der Waals surface area contributed by atoms with Crippen LogP contribution in [0.5, 0.6) is 0 Å². The summed E-state index contributed by atoms with van der Waals surface area (Å²) in [5, 5.41) is 10.1. The van der Waals surface area contributed by atoms with E-state index in [0.29, 0.717) is 16.9 Å². The number of alkyl halides is 3. The molecule has 0 aliphatic rings. The summed E-state index contributed by atoms with van der Waals surface area (Å²) in [5.41, 5.74) is 0.0920. The van der Waals surface area contributed by atoms with E-state index in [-0.39, 0.29) is 29.8 Å². The lowest BCUT2D eigenvalue weighted by molar-refractivity contribution is -0.743.